The van der Waals surface area contributed by atoms with Crippen molar-refractivity contribution in [2.45, 2.75) is 80.6 Å². The van der Waals surface area contributed by atoms with Crippen LogP contribution >= 0.6 is 0 Å². The summed E-state index contributed by atoms with van der Waals surface area (Å²) in [7, 11) is 6.27. The molecule has 46 heavy (non-hydrogen) atoms. The van der Waals surface area contributed by atoms with E-state index in [4.69, 9.17) is 28.4 Å². The van der Waals surface area contributed by atoms with Crippen LogP contribution in [0.3, 0.4) is 0 Å². The molecule has 0 unspecified atom stereocenters. The van der Waals surface area contributed by atoms with E-state index in [9.17, 15) is 24.9 Å². The van der Waals surface area contributed by atoms with Crippen molar-refractivity contribution >= 4 is 11.9 Å². The molecule has 1 saturated heterocycles. The minimum atomic E-state index is -1.83. The summed E-state index contributed by atoms with van der Waals surface area (Å²) in [5.74, 6) is -3.65. The van der Waals surface area contributed by atoms with E-state index in [0.29, 0.717) is 25.1 Å². The predicted octanol–water partition coefficient (Wildman–Crippen LogP) is 0.648. The van der Waals surface area contributed by atoms with E-state index in [1.807, 2.05) is 6.92 Å². The Hall–Kier alpha value is -2.16. The molecule has 1 aliphatic heterocycles. The predicted molar refractivity (Wildman–Crippen MR) is 160 cm³/mol. The van der Waals surface area contributed by atoms with Gasteiger partial charge in [-0.2, -0.15) is 0 Å². The lowest BCUT2D eigenvalue weighted by molar-refractivity contribution is -0.322. The number of benzene rings is 1. The van der Waals surface area contributed by atoms with E-state index >= 15 is 0 Å². The molecule has 7 rings (SSSR count). The fourth-order valence-electron chi connectivity index (χ4n) is 12.3. The highest BCUT2D eigenvalue weighted by atomic mass is 16.6. The average Bonchev–Trinajstić information content (AvgIpc) is 3.41. The van der Waals surface area contributed by atoms with Crippen molar-refractivity contribution in [1.82, 2.24) is 4.90 Å². The highest BCUT2D eigenvalue weighted by Gasteiger charge is 2.92. The number of nitrogens with zero attached hydrogens (tertiary/aromatic N) is 1. The van der Waals surface area contributed by atoms with Crippen molar-refractivity contribution in [3.05, 3.63) is 35.9 Å². The SMILES string of the molecule is CCN1C[C@]2(COC)[C@H](O)C[C@H](OC)[C@@]34[C@@H]2[C@H](OC)[C@@H]([C@@H]13)[C@]1(OC(C)=O)[C@H]2[C@H](OC(=O)c3ccccc3)[C@](O)(C[C@@H]24)[C@@H](OC)[C@H]1O. The van der Waals surface area contributed by atoms with Crippen molar-refractivity contribution < 1.29 is 53.3 Å². The number of aliphatic hydroxyl groups is 3. The second kappa shape index (κ2) is 10.9. The number of aliphatic hydroxyl groups excluding tert-OH is 2. The number of esters is 2. The van der Waals surface area contributed by atoms with Gasteiger partial charge in [0.05, 0.1) is 30.5 Å². The summed E-state index contributed by atoms with van der Waals surface area (Å²) in [6, 6.07) is 8.18. The Morgan fingerprint density at radius 1 is 1.00 bits per heavy atom. The van der Waals surface area contributed by atoms with Crippen LogP contribution in [0.4, 0.5) is 0 Å². The Kier molecular flexibility index (Phi) is 7.69. The maximum absolute atomic E-state index is 13.8. The van der Waals surface area contributed by atoms with Gasteiger partial charge in [-0.25, -0.2) is 4.79 Å². The molecular weight excluding hydrogens is 598 g/mol. The lowest BCUT2D eigenvalue weighted by Crippen LogP contribution is -2.81. The third-order valence-corrected chi connectivity index (χ3v) is 13.2. The quantitative estimate of drug-likeness (QED) is 0.323. The molecule has 1 heterocycles. The molecule has 1 spiro atoms. The van der Waals surface area contributed by atoms with Gasteiger partial charge in [0.15, 0.2) is 5.60 Å². The molecule has 15 atom stereocenters. The van der Waals surface area contributed by atoms with E-state index < -0.39 is 88.3 Å². The monoisotopic (exact) mass is 645 g/mol. The van der Waals surface area contributed by atoms with Crippen LogP contribution in [0, 0.1) is 34.5 Å². The first-order chi connectivity index (χ1) is 22.0. The van der Waals surface area contributed by atoms with Crippen LogP contribution in [0.5, 0.6) is 0 Å². The molecule has 0 aromatic heterocycles. The molecule has 6 aliphatic rings. The number of hydrogen-bond donors (Lipinski definition) is 3. The van der Waals surface area contributed by atoms with E-state index in [0.717, 1.165) is 0 Å². The number of methoxy groups -OCH3 is 4. The summed E-state index contributed by atoms with van der Waals surface area (Å²) in [4.78, 5) is 29.3. The number of rotatable bonds is 9. The molecule has 12 heteroatoms. The Labute approximate surface area is 269 Å². The molecule has 5 saturated carbocycles. The van der Waals surface area contributed by atoms with Gasteiger partial charge in [0.1, 0.15) is 23.9 Å². The summed E-state index contributed by atoms with van der Waals surface area (Å²) in [6.45, 7) is 4.68. The molecule has 254 valence electrons. The van der Waals surface area contributed by atoms with Crippen molar-refractivity contribution in [1.29, 1.82) is 0 Å². The lowest BCUT2D eigenvalue weighted by atomic mass is 9.42. The molecule has 0 amide bonds. The number of likely N-dealkylation sites (tertiary alicyclic amines) is 1. The second-order valence-electron chi connectivity index (χ2n) is 14.4. The number of piperidine rings is 1. The van der Waals surface area contributed by atoms with Gasteiger partial charge in [-0.3, -0.25) is 9.69 Å². The van der Waals surface area contributed by atoms with Gasteiger partial charge in [-0.05, 0) is 31.0 Å². The Balaban J connectivity index is 1.53. The molecule has 12 nitrogen and oxygen atoms in total. The summed E-state index contributed by atoms with van der Waals surface area (Å²) in [6.07, 6.45) is -5.49. The van der Waals surface area contributed by atoms with Crippen molar-refractivity contribution in [2.24, 2.45) is 34.5 Å². The van der Waals surface area contributed by atoms with Crippen molar-refractivity contribution in [2.75, 3.05) is 48.1 Å². The highest BCUT2D eigenvalue weighted by Crippen LogP contribution is 2.80. The fraction of sp³-hybridized carbons (Fsp3) is 0.765. The number of hydrogen-bond acceptors (Lipinski definition) is 12. The van der Waals surface area contributed by atoms with E-state index in [2.05, 4.69) is 4.90 Å². The highest BCUT2D eigenvalue weighted by molar-refractivity contribution is 5.89. The van der Waals surface area contributed by atoms with Crippen LogP contribution in [-0.2, 0) is 33.2 Å². The zero-order valence-corrected chi connectivity index (χ0v) is 27.3. The first-order valence-electron chi connectivity index (χ1n) is 16.3. The van der Waals surface area contributed by atoms with Gasteiger partial charge < -0.3 is 43.7 Å². The lowest BCUT2D eigenvalue weighted by Gasteiger charge is -2.70. The zero-order valence-electron chi connectivity index (χ0n) is 27.3. The Bertz CT molecular complexity index is 1360. The topological polar surface area (TPSA) is 153 Å². The number of carbonyl (C=O) groups is 2. The molecular formula is C34H47NO11. The summed E-state index contributed by atoms with van der Waals surface area (Å²) < 4.78 is 37.4. The molecule has 6 fully saturated rings. The first-order valence-corrected chi connectivity index (χ1v) is 16.3. The van der Waals surface area contributed by atoms with Crippen LogP contribution in [0.25, 0.3) is 0 Å². The Morgan fingerprint density at radius 3 is 2.30 bits per heavy atom. The summed E-state index contributed by atoms with van der Waals surface area (Å²) >= 11 is 0. The zero-order chi connectivity index (χ0) is 33.0. The van der Waals surface area contributed by atoms with Crippen LogP contribution < -0.4 is 0 Å². The van der Waals surface area contributed by atoms with Gasteiger partial charge in [0, 0.05) is 83.0 Å². The van der Waals surface area contributed by atoms with Gasteiger partial charge in [-0.15, -0.1) is 0 Å². The Morgan fingerprint density at radius 2 is 1.72 bits per heavy atom. The minimum Gasteiger partial charge on any atom is -0.455 e. The standard InChI is InChI=1S/C34H47NO11/c1-7-35-15-31(16-41-3)20(37)13-21(42-4)33-19-14-32(40)28(45-30(39)18-11-9-8-10-12-18)22(19)34(46-17(2)36,27(38)29(32)44-6)23(26(33)35)24(43-5)25(31)33/h8-12,19-29,37-38,40H,7,13-16H2,1-6H3/t19-,20+,21-,22+,23-,24+,25+,26+,27+,28-,29-,31-,32+,33-,34+/m0/s1. The number of ether oxygens (including phenoxy) is 6. The fourth-order valence-corrected chi connectivity index (χ4v) is 12.3. The van der Waals surface area contributed by atoms with Crippen LogP contribution in [0.15, 0.2) is 30.3 Å². The minimum absolute atomic E-state index is 0.0791. The number of fused-ring (bicyclic) bond motifs is 2. The summed E-state index contributed by atoms with van der Waals surface area (Å²) in [5, 5.41) is 37.3. The normalized spacial score (nSPS) is 49.9. The van der Waals surface area contributed by atoms with Crippen molar-refractivity contribution in [3.8, 4) is 0 Å². The maximum Gasteiger partial charge on any atom is 0.338 e. The largest absolute Gasteiger partial charge is 0.455 e. The van der Waals surface area contributed by atoms with Gasteiger partial charge in [-0.1, -0.05) is 25.1 Å². The van der Waals surface area contributed by atoms with Crippen LogP contribution in [-0.4, -0.2) is 134 Å². The molecule has 1 aromatic rings. The summed E-state index contributed by atoms with van der Waals surface area (Å²) in [5.41, 5.74) is -4.79. The van der Waals surface area contributed by atoms with Gasteiger partial charge >= 0.3 is 11.9 Å². The molecule has 7 bridgehead atoms. The smallest absolute Gasteiger partial charge is 0.338 e. The molecule has 3 N–H and O–H groups in total. The van der Waals surface area contributed by atoms with Crippen LogP contribution in [0.1, 0.15) is 37.0 Å². The molecule has 0 radical (unpaired) electrons. The third kappa shape index (κ3) is 3.62. The van der Waals surface area contributed by atoms with E-state index in [-0.39, 0.29) is 25.0 Å². The first kappa shape index (κ1) is 32.4. The van der Waals surface area contributed by atoms with E-state index in [1.54, 1.807) is 51.7 Å². The van der Waals surface area contributed by atoms with Crippen molar-refractivity contribution in [3.63, 3.8) is 0 Å². The van der Waals surface area contributed by atoms with Crippen LogP contribution in [0.2, 0.25) is 0 Å². The molecule has 1 aromatic carbocycles. The van der Waals surface area contributed by atoms with E-state index in [1.165, 1.54) is 14.0 Å². The third-order valence-electron chi connectivity index (χ3n) is 13.2. The average molecular weight is 646 g/mol. The second-order valence-corrected chi connectivity index (χ2v) is 14.4. The molecule has 5 aliphatic carbocycles. The maximum atomic E-state index is 13.8. The number of carbonyl (C=O) groups excluding carboxylic acids is 2. The van der Waals surface area contributed by atoms with Gasteiger partial charge in [0.25, 0.3) is 0 Å². The van der Waals surface area contributed by atoms with Gasteiger partial charge in [0.2, 0.25) is 0 Å².